The molecule has 1 nitrogen and oxygen atoms in total. The zero-order valence-electron chi connectivity index (χ0n) is 10.6. The van der Waals surface area contributed by atoms with Crippen LogP contribution in [0, 0.1) is 11.8 Å². The molecule has 2 aromatic carbocycles. The Balaban J connectivity index is 2.18. The minimum Gasteiger partial charge on any atom is -0.318 e. The van der Waals surface area contributed by atoms with Crippen LogP contribution in [0.3, 0.4) is 0 Å². The zero-order chi connectivity index (χ0) is 12.8. The molecule has 90 valence electrons. The fraction of sp³-hybridized carbons (Fsp3) is 0.176. The van der Waals surface area contributed by atoms with Crippen LogP contribution in [-0.2, 0) is 0 Å². The van der Waals surface area contributed by atoms with E-state index in [0.29, 0.717) is 0 Å². The highest BCUT2D eigenvalue weighted by molar-refractivity contribution is 5.64. The van der Waals surface area contributed by atoms with Gasteiger partial charge in [0.05, 0.1) is 6.04 Å². The summed E-state index contributed by atoms with van der Waals surface area (Å²) in [5.74, 6) is 6.13. The SMILES string of the molecule is CCC(N)C#Cc1ccc(-c2ccccc2)cc1. The first-order valence-electron chi connectivity index (χ1n) is 6.22. The van der Waals surface area contributed by atoms with Gasteiger partial charge in [-0.1, -0.05) is 61.2 Å². The van der Waals surface area contributed by atoms with Gasteiger partial charge in [0.1, 0.15) is 0 Å². The van der Waals surface area contributed by atoms with Crippen molar-refractivity contribution in [1.29, 1.82) is 0 Å². The number of rotatable bonds is 2. The number of hydrogen-bond donors (Lipinski definition) is 1. The maximum Gasteiger partial charge on any atom is 0.0665 e. The average Bonchev–Trinajstić information content (AvgIpc) is 2.46. The second kappa shape index (κ2) is 6.05. The Morgan fingerprint density at radius 2 is 1.56 bits per heavy atom. The first-order chi connectivity index (χ1) is 8.79. The van der Waals surface area contributed by atoms with Gasteiger partial charge in [-0.05, 0) is 29.7 Å². The summed E-state index contributed by atoms with van der Waals surface area (Å²) >= 11 is 0. The molecule has 0 amide bonds. The third-order valence-corrected chi connectivity index (χ3v) is 2.83. The number of nitrogens with two attached hydrogens (primary N) is 1. The van der Waals surface area contributed by atoms with Crippen LogP contribution in [0.4, 0.5) is 0 Å². The summed E-state index contributed by atoms with van der Waals surface area (Å²) in [6.07, 6.45) is 0.884. The molecular formula is C17H17N. The second-order valence-electron chi connectivity index (χ2n) is 4.23. The van der Waals surface area contributed by atoms with E-state index in [4.69, 9.17) is 5.73 Å². The predicted molar refractivity (Wildman–Crippen MR) is 77.0 cm³/mol. The Labute approximate surface area is 109 Å². The summed E-state index contributed by atoms with van der Waals surface area (Å²) in [6, 6.07) is 18.6. The van der Waals surface area contributed by atoms with Gasteiger partial charge in [-0.2, -0.15) is 0 Å². The van der Waals surface area contributed by atoms with Crippen LogP contribution >= 0.6 is 0 Å². The van der Waals surface area contributed by atoms with Crippen molar-refractivity contribution in [3.63, 3.8) is 0 Å². The van der Waals surface area contributed by atoms with Gasteiger partial charge in [0.2, 0.25) is 0 Å². The average molecular weight is 235 g/mol. The van der Waals surface area contributed by atoms with Gasteiger partial charge in [0.15, 0.2) is 0 Å². The maximum absolute atomic E-state index is 5.77. The van der Waals surface area contributed by atoms with Crippen molar-refractivity contribution in [1.82, 2.24) is 0 Å². The van der Waals surface area contributed by atoms with Gasteiger partial charge in [-0.15, -0.1) is 0 Å². The molecule has 0 radical (unpaired) electrons. The normalized spacial score (nSPS) is 11.4. The monoisotopic (exact) mass is 235 g/mol. The van der Waals surface area contributed by atoms with Crippen LogP contribution in [0.25, 0.3) is 11.1 Å². The van der Waals surface area contributed by atoms with E-state index in [9.17, 15) is 0 Å². The van der Waals surface area contributed by atoms with Crippen LogP contribution < -0.4 is 5.73 Å². The summed E-state index contributed by atoms with van der Waals surface area (Å²) in [7, 11) is 0. The highest BCUT2D eigenvalue weighted by Crippen LogP contribution is 2.18. The molecule has 0 fully saturated rings. The third-order valence-electron chi connectivity index (χ3n) is 2.83. The lowest BCUT2D eigenvalue weighted by atomic mass is 10.0. The lowest BCUT2D eigenvalue weighted by Crippen LogP contribution is -2.15. The summed E-state index contributed by atoms with van der Waals surface area (Å²) in [6.45, 7) is 2.04. The molecule has 1 heteroatoms. The van der Waals surface area contributed by atoms with E-state index in [1.165, 1.54) is 11.1 Å². The highest BCUT2D eigenvalue weighted by Gasteiger charge is 1.96. The molecule has 0 aromatic heterocycles. The summed E-state index contributed by atoms with van der Waals surface area (Å²) in [5, 5.41) is 0. The Morgan fingerprint density at radius 1 is 0.944 bits per heavy atom. The predicted octanol–water partition coefficient (Wildman–Crippen LogP) is 3.44. The minimum atomic E-state index is -0.0289. The molecule has 0 saturated carbocycles. The van der Waals surface area contributed by atoms with E-state index < -0.39 is 0 Å². The Morgan fingerprint density at radius 3 is 2.17 bits per heavy atom. The maximum atomic E-state index is 5.77. The van der Waals surface area contributed by atoms with Gasteiger partial charge >= 0.3 is 0 Å². The fourth-order valence-corrected chi connectivity index (χ4v) is 1.65. The molecule has 2 N–H and O–H groups in total. The molecule has 1 unspecified atom stereocenters. The minimum absolute atomic E-state index is 0.0289. The molecule has 0 aliphatic rings. The molecule has 2 aromatic rings. The van der Waals surface area contributed by atoms with Crippen LogP contribution in [-0.4, -0.2) is 6.04 Å². The highest BCUT2D eigenvalue weighted by atomic mass is 14.6. The molecule has 1 atom stereocenters. The van der Waals surface area contributed by atoms with Crippen molar-refractivity contribution < 1.29 is 0 Å². The molecule has 18 heavy (non-hydrogen) atoms. The van der Waals surface area contributed by atoms with Crippen molar-refractivity contribution in [3.8, 4) is 23.0 Å². The lowest BCUT2D eigenvalue weighted by molar-refractivity contribution is 0.806. The molecule has 2 rings (SSSR count). The van der Waals surface area contributed by atoms with Gasteiger partial charge in [-0.3, -0.25) is 0 Å². The summed E-state index contributed by atoms with van der Waals surface area (Å²) in [5.41, 5.74) is 9.21. The molecule has 0 saturated heterocycles. The molecule has 0 bridgehead atoms. The van der Waals surface area contributed by atoms with Gasteiger partial charge in [-0.25, -0.2) is 0 Å². The van der Waals surface area contributed by atoms with E-state index >= 15 is 0 Å². The van der Waals surface area contributed by atoms with Crippen molar-refractivity contribution in [3.05, 3.63) is 60.2 Å². The van der Waals surface area contributed by atoms with Crippen LogP contribution in [0.5, 0.6) is 0 Å². The van der Waals surface area contributed by atoms with E-state index in [-0.39, 0.29) is 6.04 Å². The molecular weight excluding hydrogens is 218 g/mol. The van der Waals surface area contributed by atoms with Crippen LogP contribution in [0.15, 0.2) is 54.6 Å². The van der Waals surface area contributed by atoms with Crippen molar-refractivity contribution in [2.45, 2.75) is 19.4 Å². The molecule has 0 aliphatic carbocycles. The first-order valence-corrected chi connectivity index (χ1v) is 6.22. The van der Waals surface area contributed by atoms with Gasteiger partial charge < -0.3 is 5.73 Å². The van der Waals surface area contributed by atoms with Crippen molar-refractivity contribution in [2.24, 2.45) is 5.73 Å². The molecule has 0 aliphatic heterocycles. The van der Waals surface area contributed by atoms with Crippen molar-refractivity contribution in [2.75, 3.05) is 0 Å². The smallest absolute Gasteiger partial charge is 0.0665 e. The van der Waals surface area contributed by atoms with E-state index in [1.807, 2.05) is 37.3 Å². The van der Waals surface area contributed by atoms with Gasteiger partial charge in [0.25, 0.3) is 0 Å². The first kappa shape index (κ1) is 12.4. The molecule has 0 heterocycles. The zero-order valence-corrected chi connectivity index (χ0v) is 10.6. The quantitative estimate of drug-likeness (QED) is 0.793. The largest absolute Gasteiger partial charge is 0.318 e. The third kappa shape index (κ3) is 3.23. The lowest BCUT2D eigenvalue weighted by Gasteiger charge is -2.01. The second-order valence-corrected chi connectivity index (χ2v) is 4.23. The topological polar surface area (TPSA) is 26.0 Å². The Hall–Kier alpha value is -2.04. The summed E-state index contributed by atoms with van der Waals surface area (Å²) < 4.78 is 0. The van der Waals surface area contributed by atoms with Gasteiger partial charge in [0, 0.05) is 5.56 Å². The Kier molecular flexibility index (Phi) is 4.17. The van der Waals surface area contributed by atoms with Crippen LogP contribution in [0.1, 0.15) is 18.9 Å². The van der Waals surface area contributed by atoms with E-state index in [0.717, 1.165) is 12.0 Å². The van der Waals surface area contributed by atoms with E-state index in [2.05, 4.69) is 36.1 Å². The molecule has 0 spiro atoms. The standard InChI is InChI=1S/C17H17N/c1-2-17(18)13-10-14-8-11-16(12-9-14)15-6-4-3-5-7-15/h3-9,11-12,17H,2,18H2,1H3. The summed E-state index contributed by atoms with van der Waals surface area (Å²) in [4.78, 5) is 0. The number of hydrogen-bond acceptors (Lipinski definition) is 1. The Bertz CT molecular complexity index is 544. The van der Waals surface area contributed by atoms with E-state index in [1.54, 1.807) is 0 Å². The fourth-order valence-electron chi connectivity index (χ4n) is 1.65. The van der Waals surface area contributed by atoms with Crippen LogP contribution in [0.2, 0.25) is 0 Å². The van der Waals surface area contributed by atoms with Crippen molar-refractivity contribution >= 4 is 0 Å². The number of benzene rings is 2.